The molecule has 17 heavy (non-hydrogen) atoms. The van der Waals surface area contributed by atoms with Crippen molar-refractivity contribution >= 4 is 11.8 Å². The monoisotopic (exact) mass is 249 g/mol. The van der Waals surface area contributed by atoms with Crippen molar-refractivity contribution < 1.29 is 4.39 Å². The molecule has 0 saturated heterocycles. The molecule has 0 amide bonds. The van der Waals surface area contributed by atoms with Crippen LogP contribution in [-0.2, 0) is 0 Å². The van der Waals surface area contributed by atoms with Crippen LogP contribution in [0.1, 0.15) is 30.0 Å². The third-order valence-corrected chi connectivity index (χ3v) is 3.55. The van der Waals surface area contributed by atoms with Gasteiger partial charge in [-0.1, -0.05) is 42.1 Å². The molecular weight excluding hydrogens is 237 g/mol. The topological polar surface area (TPSA) is 30.7 Å². The number of fused-ring (bicyclic) bond motifs is 1. The van der Waals surface area contributed by atoms with Gasteiger partial charge in [0.2, 0.25) is 5.16 Å². The minimum Gasteiger partial charge on any atom is -0.239 e. The van der Waals surface area contributed by atoms with Gasteiger partial charge in [0.25, 0.3) is 0 Å². The largest absolute Gasteiger partial charge is 0.239 e. The van der Waals surface area contributed by atoms with Gasteiger partial charge in [0, 0.05) is 6.42 Å². The maximum Gasteiger partial charge on any atom is 0.208 e. The smallest absolute Gasteiger partial charge is 0.208 e. The van der Waals surface area contributed by atoms with Crippen molar-refractivity contribution in [3.63, 3.8) is 0 Å². The number of hydrogen-bond donors (Lipinski definition) is 0. The van der Waals surface area contributed by atoms with E-state index in [1.54, 1.807) is 4.68 Å². The van der Waals surface area contributed by atoms with Crippen molar-refractivity contribution in [2.24, 2.45) is 0 Å². The SMILES string of the molecule is CSc1nc2n(n1)C(c1ccccc1)CC2F. The van der Waals surface area contributed by atoms with E-state index in [9.17, 15) is 4.39 Å². The van der Waals surface area contributed by atoms with Crippen LogP contribution in [0.4, 0.5) is 4.39 Å². The van der Waals surface area contributed by atoms with Crippen molar-refractivity contribution in [1.29, 1.82) is 0 Å². The van der Waals surface area contributed by atoms with Crippen molar-refractivity contribution in [3.8, 4) is 0 Å². The van der Waals surface area contributed by atoms with Gasteiger partial charge in [0.15, 0.2) is 12.0 Å². The first-order valence-electron chi connectivity index (χ1n) is 5.49. The van der Waals surface area contributed by atoms with Crippen LogP contribution in [0.15, 0.2) is 35.5 Å². The highest BCUT2D eigenvalue weighted by molar-refractivity contribution is 7.98. The minimum atomic E-state index is -1.01. The van der Waals surface area contributed by atoms with Gasteiger partial charge in [-0.3, -0.25) is 0 Å². The van der Waals surface area contributed by atoms with E-state index in [0.29, 0.717) is 17.4 Å². The molecular formula is C12H12FN3S. The Hall–Kier alpha value is -1.36. The number of nitrogens with zero attached hydrogens (tertiary/aromatic N) is 3. The molecule has 1 aromatic heterocycles. The predicted molar refractivity (Wildman–Crippen MR) is 64.9 cm³/mol. The Bertz CT molecular complexity index is 526. The lowest BCUT2D eigenvalue weighted by molar-refractivity contribution is 0.327. The quantitative estimate of drug-likeness (QED) is 0.766. The number of thioether (sulfide) groups is 1. The maximum atomic E-state index is 13.9. The van der Waals surface area contributed by atoms with Crippen LogP contribution in [0, 0.1) is 0 Å². The van der Waals surface area contributed by atoms with Crippen LogP contribution in [0.3, 0.4) is 0 Å². The molecule has 3 rings (SSSR count). The Balaban J connectivity index is 2.03. The zero-order chi connectivity index (χ0) is 11.8. The summed E-state index contributed by atoms with van der Waals surface area (Å²) < 4.78 is 15.6. The second-order valence-electron chi connectivity index (χ2n) is 4.03. The first-order valence-corrected chi connectivity index (χ1v) is 6.71. The fourth-order valence-corrected chi connectivity index (χ4v) is 2.55. The zero-order valence-electron chi connectivity index (χ0n) is 9.38. The van der Waals surface area contributed by atoms with Crippen molar-refractivity contribution in [2.75, 3.05) is 6.26 Å². The molecule has 0 radical (unpaired) electrons. The number of benzene rings is 1. The Kier molecular flexibility index (Phi) is 2.63. The molecule has 1 aliphatic rings. The van der Waals surface area contributed by atoms with Crippen molar-refractivity contribution in [3.05, 3.63) is 41.7 Å². The molecule has 2 heterocycles. The van der Waals surface area contributed by atoms with Gasteiger partial charge >= 0.3 is 0 Å². The Morgan fingerprint density at radius 1 is 1.35 bits per heavy atom. The van der Waals surface area contributed by atoms with Gasteiger partial charge in [-0.25, -0.2) is 14.1 Å². The Morgan fingerprint density at radius 3 is 2.82 bits per heavy atom. The summed E-state index contributed by atoms with van der Waals surface area (Å²) in [6.07, 6.45) is 1.33. The third kappa shape index (κ3) is 1.74. The van der Waals surface area contributed by atoms with Crippen LogP contribution < -0.4 is 0 Å². The molecule has 0 saturated carbocycles. The Morgan fingerprint density at radius 2 is 2.12 bits per heavy atom. The molecule has 2 unspecified atom stereocenters. The minimum absolute atomic E-state index is 0.0189. The molecule has 5 heteroatoms. The summed E-state index contributed by atoms with van der Waals surface area (Å²) in [4.78, 5) is 4.21. The van der Waals surface area contributed by atoms with Crippen molar-refractivity contribution in [2.45, 2.75) is 23.8 Å². The predicted octanol–water partition coefficient (Wildman–Crippen LogP) is 3.00. The van der Waals surface area contributed by atoms with Gasteiger partial charge in [0.1, 0.15) is 0 Å². The lowest BCUT2D eigenvalue weighted by Crippen LogP contribution is -2.07. The van der Waals surface area contributed by atoms with E-state index in [1.807, 2.05) is 36.6 Å². The van der Waals surface area contributed by atoms with Crippen molar-refractivity contribution in [1.82, 2.24) is 14.8 Å². The standard InChI is InChI=1S/C12H12FN3S/c1-17-12-14-11-9(13)7-10(16(11)15-12)8-5-3-2-4-6-8/h2-6,9-10H,7H2,1H3. The summed E-state index contributed by atoms with van der Waals surface area (Å²) in [5.41, 5.74) is 1.09. The van der Waals surface area contributed by atoms with Crippen LogP contribution in [0.25, 0.3) is 0 Å². The summed E-state index contributed by atoms with van der Waals surface area (Å²) in [6.45, 7) is 0. The zero-order valence-corrected chi connectivity index (χ0v) is 10.2. The second kappa shape index (κ2) is 4.14. The molecule has 0 spiro atoms. The second-order valence-corrected chi connectivity index (χ2v) is 4.80. The molecule has 1 aliphatic heterocycles. The van der Waals surface area contributed by atoms with E-state index in [-0.39, 0.29) is 6.04 Å². The summed E-state index contributed by atoms with van der Waals surface area (Å²) in [5, 5.41) is 4.99. The number of alkyl halides is 1. The van der Waals surface area contributed by atoms with Gasteiger partial charge < -0.3 is 0 Å². The van der Waals surface area contributed by atoms with Crippen LogP contribution in [0.2, 0.25) is 0 Å². The van der Waals surface area contributed by atoms with Gasteiger partial charge in [-0.05, 0) is 11.8 Å². The van der Waals surface area contributed by atoms with E-state index >= 15 is 0 Å². The molecule has 88 valence electrons. The third-order valence-electron chi connectivity index (χ3n) is 3.01. The fraction of sp³-hybridized carbons (Fsp3) is 0.333. The molecule has 2 aromatic rings. The first kappa shape index (κ1) is 10.8. The normalized spacial score (nSPS) is 22.7. The van der Waals surface area contributed by atoms with E-state index in [4.69, 9.17) is 0 Å². The van der Waals surface area contributed by atoms with E-state index in [0.717, 1.165) is 5.56 Å². The first-order chi connectivity index (χ1) is 8.29. The summed E-state index contributed by atoms with van der Waals surface area (Å²) >= 11 is 1.44. The highest BCUT2D eigenvalue weighted by atomic mass is 32.2. The van der Waals surface area contributed by atoms with Crippen LogP contribution in [0.5, 0.6) is 0 Å². The van der Waals surface area contributed by atoms with E-state index in [1.165, 1.54) is 11.8 Å². The fourth-order valence-electron chi connectivity index (χ4n) is 2.20. The molecule has 3 nitrogen and oxygen atoms in total. The van der Waals surface area contributed by atoms with Gasteiger partial charge in [-0.2, -0.15) is 0 Å². The average molecular weight is 249 g/mol. The average Bonchev–Trinajstić information content (AvgIpc) is 2.91. The molecule has 0 aliphatic carbocycles. The molecule has 1 aromatic carbocycles. The lowest BCUT2D eigenvalue weighted by Gasteiger charge is -2.11. The highest BCUT2D eigenvalue weighted by Crippen LogP contribution is 2.39. The van der Waals surface area contributed by atoms with Crippen LogP contribution >= 0.6 is 11.8 Å². The van der Waals surface area contributed by atoms with Gasteiger partial charge in [-0.15, -0.1) is 5.10 Å². The highest BCUT2D eigenvalue weighted by Gasteiger charge is 2.35. The molecule has 0 fully saturated rings. The number of aromatic nitrogens is 3. The summed E-state index contributed by atoms with van der Waals surface area (Å²) in [7, 11) is 0. The maximum absolute atomic E-state index is 13.9. The summed E-state index contributed by atoms with van der Waals surface area (Å²) in [6, 6.07) is 9.88. The number of halogens is 1. The van der Waals surface area contributed by atoms with E-state index < -0.39 is 6.17 Å². The summed E-state index contributed by atoms with van der Waals surface area (Å²) in [5.74, 6) is 0.461. The molecule has 0 N–H and O–H groups in total. The lowest BCUT2D eigenvalue weighted by atomic mass is 10.0. The molecule has 0 bridgehead atoms. The van der Waals surface area contributed by atoms with E-state index in [2.05, 4.69) is 10.1 Å². The number of rotatable bonds is 2. The Labute approximate surface area is 103 Å². The van der Waals surface area contributed by atoms with Crippen LogP contribution in [-0.4, -0.2) is 21.0 Å². The molecule has 2 atom stereocenters. The van der Waals surface area contributed by atoms with Gasteiger partial charge in [0.05, 0.1) is 6.04 Å². The number of hydrogen-bond acceptors (Lipinski definition) is 3.